The molecular weight excluding hydrogens is 298 g/mol. The van der Waals surface area contributed by atoms with Crippen LogP contribution in [-0.4, -0.2) is 30.2 Å². The quantitative estimate of drug-likeness (QED) is 0.887. The Bertz CT molecular complexity index is 611. The molecule has 0 aromatic heterocycles. The lowest BCUT2D eigenvalue weighted by Crippen LogP contribution is -2.32. The first kappa shape index (κ1) is 17.0. The van der Waals surface area contributed by atoms with Crippen LogP contribution < -0.4 is 4.74 Å². The molecule has 0 spiro atoms. The van der Waals surface area contributed by atoms with Crippen LogP contribution >= 0.6 is 0 Å². The summed E-state index contributed by atoms with van der Waals surface area (Å²) < 4.78 is 5.28. The second kappa shape index (κ2) is 8.32. The molecule has 0 aliphatic carbocycles. The summed E-state index contributed by atoms with van der Waals surface area (Å²) in [6.07, 6.45) is 4.42. The summed E-state index contributed by atoms with van der Waals surface area (Å²) in [5, 5.41) is 10.6. The fourth-order valence-electron chi connectivity index (χ4n) is 3.59. The lowest BCUT2D eigenvalue weighted by atomic mass is 9.99. The van der Waals surface area contributed by atoms with E-state index in [1.807, 2.05) is 42.5 Å². The second-order valence-corrected chi connectivity index (χ2v) is 6.56. The zero-order valence-corrected chi connectivity index (χ0v) is 14.4. The lowest BCUT2D eigenvalue weighted by molar-refractivity contribution is 0.0877. The van der Waals surface area contributed by atoms with Crippen LogP contribution in [0.2, 0.25) is 0 Å². The third-order valence-electron chi connectivity index (χ3n) is 4.96. The Morgan fingerprint density at radius 3 is 2.50 bits per heavy atom. The zero-order valence-electron chi connectivity index (χ0n) is 14.4. The van der Waals surface area contributed by atoms with E-state index in [2.05, 4.69) is 17.0 Å². The van der Waals surface area contributed by atoms with Gasteiger partial charge in [-0.25, -0.2) is 0 Å². The number of aliphatic hydroxyl groups is 1. The van der Waals surface area contributed by atoms with Crippen molar-refractivity contribution in [2.75, 3.05) is 20.2 Å². The standard InChI is InChI=1S/C21H27NO2/c1-24-19-13-11-17(12-14-19)20-10-6-3-7-15-22(20)16-21(23)18-8-4-2-5-9-18/h2,4-5,8-9,11-14,20-21,23H,3,6-7,10,15-16H2,1H3/t20-,21+/m0/s1. The van der Waals surface area contributed by atoms with Crippen LogP contribution in [0.5, 0.6) is 5.75 Å². The van der Waals surface area contributed by atoms with Crippen molar-refractivity contribution in [1.82, 2.24) is 4.90 Å². The van der Waals surface area contributed by atoms with Crippen molar-refractivity contribution in [2.24, 2.45) is 0 Å². The number of rotatable bonds is 5. The Kier molecular flexibility index (Phi) is 5.89. The van der Waals surface area contributed by atoms with E-state index >= 15 is 0 Å². The van der Waals surface area contributed by atoms with E-state index < -0.39 is 6.10 Å². The number of β-amino-alcohol motifs (C(OH)–C–C–N with tert-alkyl or cyclic N) is 1. The highest BCUT2D eigenvalue weighted by Gasteiger charge is 2.25. The third kappa shape index (κ3) is 4.16. The molecule has 128 valence electrons. The van der Waals surface area contributed by atoms with Crippen LogP contribution in [0, 0.1) is 0 Å². The summed E-state index contributed by atoms with van der Waals surface area (Å²) in [6, 6.07) is 18.7. The zero-order chi connectivity index (χ0) is 16.8. The number of benzene rings is 2. The Morgan fingerprint density at radius 2 is 1.79 bits per heavy atom. The van der Waals surface area contributed by atoms with Crippen molar-refractivity contribution >= 4 is 0 Å². The monoisotopic (exact) mass is 325 g/mol. The molecule has 0 radical (unpaired) electrons. The largest absolute Gasteiger partial charge is 0.497 e. The molecule has 0 saturated carbocycles. The first-order valence-electron chi connectivity index (χ1n) is 8.89. The molecule has 1 aliphatic rings. The van der Waals surface area contributed by atoms with Gasteiger partial charge in [0.05, 0.1) is 13.2 Å². The molecule has 1 heterocycles. The van der Waals surface area contributed by atoms with Gasteiger partial charge in [0.25, 0.3) is 0 Å². The maximum Gasteiger partial charge on any atom is 0.118 e. The third-order valence-corrected chi connectivity index (χ3v) is 4.96. The van der Waals surface area contributed by atoms with E-state index in [1.54, 1.807) is 7.11 Å². The molecule has 1 fully saturated rings. The topological polar surface area (TPSA) is 32.7 Å². The van der Waals surface area contributed by atoms with E-state index in [0.29, 0.717) is 12.6 Å². The van der Waals surface area contributed by atoms with Gasteiger partial charge in [0.2, 0.25) is 0 Å². The summed E-state index contributed by atoms with van der Waals surface area (Å²) in [6.45, 7) is 1.72. The predicted octanol–water partition coefficient (Wildman–Crippen LogP) is 4.35. The fraction of sp³-hybridized carbons (Fsp3) is 0.429. The van der Waals surface area contributed by atoms with Crippen LogP contribution in [-0.2, 0) is 0 Å². The predicted molar refractivity (Wildman–Crippen MR) is 97.2 cm³/mol. The van der Waals surface area contributed by atoms with E-state index in [-0.39, 0.29) is 0 Å². The minimum absolute atomic E-state index is 0.372. The molecule has 3 rings (SSSR count). The average Bonchev–Trinajstić information content (AvgIpc) is 2.88. The van der Waals surface area contributed by atoms with E-state index in [0.717, 1.165) is 24.3 Å². The summed E-state index contributed by atoms with van der Waals surface area (Å²) in [5.41, 5.74) is 2.31. The SMILES string of the molecule is COc1ccc([C@@H]2CCCCCN2C[C@@H](O)c2ccccc2)cc1. The molecule has 2 atom stereocenters. The average molecular weight is 325 g/mol. The van der Waals surface area contributed by atoms with Gasteiger partial charge in [-0.05, 0) is 42.6 Å². The summed E-state index contributed by atoms with van der Waals surface area (Å²) >= 11 is 0. The van der Waals surface area contributed by atoms with E-state index in [1.165, 1.54) is 24.8 Å². The summed E-state index contributed by atoms with van der Waals surface area (Å²) in [4.78, 5) is 2.45. The number of hydrogen-bond donors (Lipinski definition) is 1. The van der Waals surface area contributed by atoms with Gasteiger partial charge in [0, 0.05) is 12.6 Å². The highest BCUT2D eigenvalue weighted by Crippen LogP contribution is 2.32. The highest BCUT2D eigenvalue weighted by atomic mass is 16.5. The lowest BCUT2D eigenvalue weighted by Gasteiger charge is -2.32. The van der Waals surface area contributed by atoms with Crippen molar-refractivity contribution in [2.45, 2.75) is 37.8 Å². The van der Waals surface area contributed by atoms with E-state index in [9.17, 15) is 5.11 Å². The molecule has 24 heavy (non-hydrogen) atoms. The minimum atomic E-state index is -0.440. The van der Waals surface area contributed by atoms with Gasteiger partial charge >= 0.3 is 0 Å². The van der Waals surface area contributed by atoms with Crippen LogP contribution in [0.1, 0.15) is 49.0 Å². The molecular formula is C21H27NO2. The molecule has 1 N–H and O–H groups in total. The van der Waals surface area contributed by atoms with Gasteiger partial charge in [-0.3, -0.25) is 4.90 Å². The molecule has 0 unspecified atom stereocenters. The molecule has 3 heteroatoms. The van der Waals surface area contributed by atoms with Crippen molar-refractivity contribution < 1.29 is 9.84 Å². The summed E-state index contributed by atoms with van der Waals surface area (Å²) in [7, 11) is 1.70. The van der Waals surface area contributed by atoms with Crippen molar-refractivity contribution in [3.8, 4) is 5.75 Å². The number of methoxy groups -OCH3 is 1. The maximum atomic E-state index is 10.6. The van der Waals surface area contributed by atoms with Crippen LogP contribution in [0.15, 0.2) is 54.6 Å². The molecule has 1 saturated heterocycles. The Morgan fingerprint density at radius 1 is 1.04 bits per heavy atom. The molecule has 0 bridgehead atoms. The summed E-state index contributed by atoms with van der Waals surface area (Å²) in [5.74, 6) is 0.892. The normalized spacial score (nSPS) is 20.3. The molecule has 2 aromatic rings. The van der Waals surface area contributed by atoms with Crippen LogP contribution in [0.25, 0.3) is 0 Å². The van der Waals surface area contributed by atoms with Crippen LogP contribution in [0.4, 0.5) is 0 Å². The Hall–Kier alpha value is -1.84. The first-order valence-corrected chi connectivity index (χ1v) is 8.89. The minimum Gasteiger partial charge on any atom is -0.497 e. The van der Waals surface area contributed by atoms with E-state index in [4.69, 9.17) is 4.74 Å². The number of nitrogens with zero attached hydrogens (tertiary/aromatic N) is 1. The van der Waals surface area contributed by atoms with Crippen molar-refractivity contribution in [3.63, 3.8) is 0 Å². The number of aliphatic hydroxyl groups excluding tert-OH is 1. The van der Waals surface area contributed by atoms with Gasteiger partial charge < -0.3 is 9.84 Å². The number of hydrogen-bond acceptors (Lipinski definition) is 3. The Labute approximate surface area is 144 Å². The first-order chi connectivity index (χ1) is 11.8. The van der Waals surface area contributed by atoms with Gasteiger partial charge in [-0.1, -0.05) is 55.3 Å². The van der Waals surface area contributed by atoms with Crippen molar-refractivity contribution in [1.29, 1.82) is 0 Å². The molecule has 2 aromatic carbocycles. The second-order valence-electron chi connectivity index (χ2n) is 6.56. The smallest absolute Gasteiger partial charge is 0.118 e. The van der Waals surface area contributed by atoms with Gasteiger partial charge in [0.1, 0.15) is 5.75 Å². The molecule has 1 aliphatic heterocycles. The van der Waals surface area contributed by atoms with Gasteiger partial charge in [-0.15, -0.1) is 0 Å². The maximum absolute atomic E-state index is 10.6. The Balaban J connectivity index is 1.76. The van der Waals surface area contributed by atoms with Gasteiger partial charge in [-0.2, -0.15) is 0 Å². The molecule has 0 amide bonds. The number of likely N-dealkylation sites (tertiary alicyclic amines) is 1. The number of ether oxygens (including phenoxy) is 1. The highest BCUT2D eigenvalue weighted by molar-refractivity contribution is 5.29. The van der Waals surface area contributed by atoms with Crippen LogP contribution in [0.3, 0.4) is 0 Å². The molecule has 3 nitrogen and oxygen atoms in total. The van der Waals surface area contributed by atoms with Gasteiger partial charge in [0.15, 0.2) is 0 Å². The van der Waals surface area contributed by atoms with Crippen molar-refractivity contribution in [3.05, 3.63) is 65.7 Å². The fourth-order valence-corrected chi connectivity index (χ4v) is 3.59.